The van der Waals surface area contributed by atoms with Crippen LogP contribution in [0, 0.1) is 0 Å². The van der Waals surface area contributed by atoms with Gasteiger partial charge in [-0.05, 0) is 175 Å². The molecular weight excluding hydrogens is 1310 g/mol. The fourth-order valence-corrected chi connectivity index (χ4v) is 22.9. The number of unbranched alkanes of at least 4 members (excludes halogenated alkanes) is 52. The van der Waals surface area contributed by atoms with E-state index in [4.69, 9.17) is 0 Å². The number of thiophene rings is 4. The van der Waals surface area contributed by atoms with E-state index in [1.807, 2.05) is 22.7 Å². The molecule has 0 fully saturated rings. The van der Waals surface area contributed by atoms with E-state index in [0.717, 1.165) is 12.8 Å². The fraction of sp³-hybridized carbons (Fsp3) is 0.714. The average molecular weight is 1460 g/mol. The van der Waals surface area contributed by atoms with Crippen molar-refractivity contribution < 1.29 is 0 Å². The van der Waals surface area contributed by atoms with E-state index < -0.39 is 0 Å². The Morgan fingerprint density at radius 2 is 0.422 bits per heavy atom. The first kappa shape index (κ1) is 86.5. The molecule has 2 aromatic carbocycles. The van der Waals surface area contributed by atoms with Crippen molar-refractivity contribution in [2.75, 3.05) is 0 Å². The van der Waals surface area contributed by atoms with Crippen molar-refractivity contribution in [3.05, 3.63) is 115 Å². The highest BCUT2D eigenvalue weighted by Crippen LogP contribution is 2.63. The summed E-state index contributed by atoms with van der Waals surface area (Å²) in [5.74, 6) is 0. The number of benzene rings is 2. The van der Waals surface area contributed by atoms with Crippen LogP contribution in [0.1, 0.15) is 472 Å². The van der Waals surface area contributed by atoms with Gasteiger partial charge in [0.1, 0.15) is 0 Å². The lowest BCUT2D eigenvalue weighted by atomic mass is 9.68. The summed E-state index contributed by atoms with van der Waals surface area (Å²) in [6.45, 7) is 9.34. The summed E-state index contributed by atoms with van der Waals surface area (Å²) in [5, 5.41) is 9.44. The Morgan fingerprint density at radius 3 is 0.657 bits per heavy atom. The van der Waals surface area contributed by atoms with Crippen molar-refractivity contribution in [1.82, 2.24) is 0 Å². The topological polar surface area (TPSA) is 0 Å². The molecule has 0 radical (unpaired) electrons. The highest BCUT2D eigenvalue weighted by atomic mass is 32.1. The predicted octanol–water partition coefficient (Wildman–Crippen LogP) is 36.1. The summed E-state index contributed by atoms with van der Waals surface area (Å²) in [4.78, 5) is 6.32. The molecule has 0 amide bonds. The van der Waals surface area contributed by atoms with Crippen molar-refractivity contribution in [2.24, 2.45) is 0 Å². The Bertz CT molecular complexity index is 2820. The minimum absolute atomic E-state index is 0. The lowest BCUT2D eigenvalue weighted by molar-refractivity contribution is 0.394. The summed E-state index contributed by atoms with van der Waals surface area (Å²) in [7, 11) is 0. The van der Waals surface area contributed by atoms with Gasteiger partial charge < -0.3 is 0 Å². The van der Waals surface area contributed by atoms with Crippen molar-refractivity contribution in [2.45, 2.75) is 451 Å². The minimum atomic E-state index is 0. The zero-order chi connectivity index (χ0) is 69.4. The van der Waals surface area contributed by atoms with Crippen LogP contribution in [0.2, 0.25) is 0 Å². The third-order valence-electron chi connectivity index (χ3n) is 24.9. The third-order valence-corrected chi connectivity index (χ3v) is 28.8. The molecule has 572 valence electrons. The summed E-state index contributed by atoms with van der Waals surface area (Å²) < 4.78 is 0. The molecule has 102 heavy (non-hydrogen) atoms. The number of fused-ring (bicyclic) bond motifs is 12. The van der Waals surface area contributed by atoms with Crippen LogP contribution >= 0.6 is 45.3 Å². The van der Waals surface area contributed by atoms with Crippen LogP contribution in [0.25, 0.3) is 41.8 Å². The normalized spacial score (nSPS) is 13.6. The van der Waals surface area contributed by atoms with Crippen molar-refractivity contribution in [1.29, 1.82) is 0 Å². The van der Waals surface area contributed by atoms with Gasteiger partial charge in [-0.3, -0.25) is 0 Å². The second-order valence-corrected chi connectivity index (χ2v) is 36.6. The molecule has 4 aliphatic carbocycles. The molecule has 4 heteroatoms. The van der Waals surface area contributed by atoms with Crippen LogP contribution in [-0.2, 0) is 23.7 Å². The minimum Gasteiger partial charge on any atom is -0.144 e. The molecule has 0 saturated heterocycles. The van der Waals surface area contributed by atoms with Gasteiger partial charge in [-0.15, -0.1) is 45.3 Å². The van der Waals surface area contributed by atoms with Gasteiger partial charge >= 0.3 is 0 Å². The third kappa shape index (κ3) is 26.2. The molecule has 0 saturated carbocycles. The molecule has 6 aromatic rings. The van der Waals surface area contributed by atoms with Crippen LogP contribution in [0.3, 0.4) is 0 Å². The van der Waals surface area contributed by atoms with Gasteiger partial charge in [0.05, 0.1) is 0 Å². The van der Waals surface area contributed by atoms with Gasteiger partial charge in [0.15, 0.2) is 0 Å². The first-order chi connectivity index (χ1) is 49.6. The van der Waals surface area contributed by atoms with Crippen LogP contribution in [-0.4, -0.2) is 0 Å². The van der Waals surface area contributed by atoms with Crippen molar-refractivity contribution in [3.63, 3.8) is 0 Å². The molecular formula is C98H156S4. The molecule has 0 N–H and O–H groups in total. The second kappa shape index (κ2) is 50.8. The van der Waals surface area contributed by atoms with Crippen molar-refractivity contribution >= 4 is 45.3 Å². The predicted molar refractivity (Wildman–Crippen MR) is 466 cm³/mol. The fourth-order valence-electron chi connectivity index (χ4n) is 18.9. The highest BCUT2D eigenvalue weighted by molar-refractivity contribution is 7.15. The molecule has 0 unspecified atom stereocenters. The van der Waals surface area contributed by atoms with E-state index in [0.29, 0.717) is 0 Å². The monoisotopic (exact) mass is 1460 g/mol. The zero-order valence-corrected chi connectivity index (χ0v) is 68.7. The van der Waals surface area contributed by atoms with E-state index >= 15 is 0 Å². The zero-order valence-electron chi connectivity index (χ0n) is 65.4. The summed E-state index contributed by atoms with van der Waals surface area (Å²) in [5.41, 5.74) is 19.7. The first-order valence-electron chi connectivity index (χ1n) is 44.2. The number of hydrogen-bond acceptors (Lipinski definition) is 4. The highest BCUT2D eigenvalue weighted by Gasteiger charge is 2.49. The summed E-state index contributed by atoms with van der Waals surface area (Å²) >= 11 is 7.97. The molecule has 0 bridgehead atoms. The quantitative estimate of drug-likeness (QED) is 0.0333. The molecule has 0 atom stereocenters. The SMILES string of the molecule is C.C.CCCCCCCCCCCCCCCCC1(CCCCCCCCCCCCCCCC)c2cc3c(cc2-c2sccc21)C(CCCCCCCCCCCCCCCC)(CCCCCCCCCCCCCCCC)c1ccsc1-3.c1cc2c(s1)-c1cc3c(cc1C2)-c1sccc1C3. The molecule has 4 heterocycles. The maximum absolute atomic E-state index is 2.89. The van der Waals surface area contributed by atoms with E-state index in [9.17, 15) is 0 Å². The standard InChI is InChI=1S/C80H138S2.C16H10S2.2CH4/c1-5-9-13-17-21-25-29-33-37-41-45-49-53-57-63-79(64-58-54-50-46-42-38-34-30-26-22-18-14-10-6-2)73-61-67-81-77(73)71-70-76-72(69-75(71)79)78-74(62-68-82-78)80(76,65-59-55-51-47-43-39-35-31-27-23-19-15-11-7-3)66-60-56-52-48-44-40-36-32-28-24-20-16-12-8-4;1-3-17-15-9(1)5-11-7-14-12(8-13(11)15)6-10-2-4-18-16(10)14;;/h61-62,67-70H,5-60,63-66H2,1-4H3;1-4,7-8H,5-6H2;2*1H4. The maximum Gasteiger partial charge on any atom is 0.0387 e. The van der Waals surface area contributed by atoms with Crippen molar-refractivity contribution in [3.8, 4) is 41.8 Å². The van der Waals surface area contributed by atoms with Gasteiger partial charge in [-0.1, -0.05) is 402 Å². The molecule has 10 rings (SSSR count). The lowest BCUT2D eigenvalue weighted by Gasteiger charge is -2.34. The average Bonchev–Trinajstić information content (AvgIpc) is 1.53. The smallest absolute Gasteiger partial charge is 0.0387 e. The lowest BCUT2D eigenvalue weighted by Crippen LogP contribution is -2.27. The molecule has 0 spiro atoms. The first-order valence-corrected chi connectivity index (χ1v) is 47.7. The molecule has 4 aliphatic rings. The second-order valence-electron chi connectivity index (χ2n) is 32.9. The Labute approximate surface area is 648 Å². The molecule has 0 aliphatic heterocycles. The maximum atomic E-state index is 2.89. The summed E-state index contributed by atoms with van der Waals surface area (Å²) in [6.07, 6.45) is 88.2. The Morgan fingerprint density at radius 1 is 0.216 bits per heavy atom. The van der Waals surface area contributed by atoms with Crippen LogP contribution in [0.15, 0.2) is 70.1 Å². The summed E-state index contributed by atoms with van der Waals surface area (Å²) in [6, 6.07) is 20.5. The van der Waals surface area contributed by atoms with Crippen LogP contribution in [0.4, 0.5) is 0 Å². The Kier molecular flexibility index (Phi) is 43.1. The number of hydrogen-bond donors (Lipinski definition) is 0. The van der Waals surface area contributed by atoms with Gasteiger partial charge in [-0.2, -0.15) is 0 Å². The molecule has 4 aromatic heterocycles. The van der Waals surface area contributed by atoms with Gasteiger partial charge in [0, 0.05) is 30.3 Å². The van der Waals surface area contributed by atoms with E-state index in [1.165, 1.54) is 428 Å². The van der Waals surface area contributed by atoms with Gasteiger partial charge in [0.2, 0.25) is 0 Å². The molecule has 0 nitrogen and oxygen atoms in total. The number of rotatable bonds is 60. The Balaban J connectivity index is 0.000000616. The van der Waals surface area contributed by atoms with E-state index in [2.05, 4.69) is 120 Å². The van der Waals surface area contributed by atoms with E-state index in [1.54, 1.807) is 43.1 Å². The largest absolute Gasteiger partial charge is 0.144 e. The van der Waals surface area contributed by atoms with Crippen LogP contribution in [0.5, 0.6) is 0 Å². The van der Waals surface area contributed by atoms with Gasteiger partial charge in [0.25, 0.3) is 0 Å². The van der Waals surface area contributed by atoms with E-state index in [-0.39, 0.29) is 25.7 Å². The van der Waals surface area contributed by atoms with Gasteiger partial charge in [-0.25, -0.2) is 0 Å². The van der Waals surface area contributed by atoms with Crippen LogP contribution < -0.4 is 0 Å². The Hall–Kier alpha value is -2.76.